The zero-order chi connectivity index (χ0) is 59.0. The summed E-state index contributed by atoms with van der Waals surface area (Å²) >= 11 is 0. The van der Waals surface area contributed by atoms with Crippen molar-refractivity contribution in [1.29, 1.82) is 0 Å². The van der Waals surface area contributed by atoms with Gasteiger partial charge in [-0.05, 0) is 0 Å². The molecular weight excluding hydrogens is 1120 g/mol. The van der Waals surface area contributed by atoms with Gasteiger partial charge >= 0.3 is 5.97 Å². The molecule has 21 rings (SSSR count). The van der Waals surface area contributed by atoms with Crippen LogP contribution in [0.25, 0.3) is 0 Å². The average molecular weight is 1190 g/mol. The van der Waals surface area contributed by atoms with Crippen molar-refractivity contribution in [2.75, 3.05) is 52.9 Å². The summed E-state index contributed by atoms with van der Waals surface area (Å²) in [7, 11) is 0. The minimum atomic E-state index is -2.27. The molecule has 470 valence electrons. The first-order valence-corrected chi connectivity index (χ1v) is 25.7. The Bertz CT molecular complexity index is 1950. The normalized spacial score (nSPS) is 53.2. The number of aliphatic hydroxyl groups is 20. The lowest BCUT2D eigenvalue weighted by Crippen LogP contribution is -2.68. The molecule has 0 aliphatic carbocycles. The molecule has 0 aromatic rings. The summed E-state index contributed by atoms with van der Waals surface area (Å²) in [4.78, 5) is 11.4. The monoisotopic (exact) mass is 1190 g/mol. The number of aliphatic carboxylic acids is 1. The van der Waals surface area contributed by atoms with Gasteiger partial charge in [0.05, 0.1) is 46.2 Å². The van der Waals surface area contributed by atoms with Crippen LogP contribution in [0.4, 0.5) is 0 Å². The van der Waals surface area contributed by atoms with Gasteiger partial charge in [0, 0.05) is 0 Å². The van der Waals surface area contributed by atoms with Crippen LogP contribution in [0, 0.1) is 0 Å². The highest BCUT2D eigenvalue weighted by Crippen LogP contribution is 2.39. The molecule has 14 bridgehead atoms. The molecule has 21 aliphatic heterocycles. The molecule has 0 aromatic heterocycles. The molecule has 81 heavy (non-hydrogen) atoms. The Morgan fingerprint density at radius 1 is 0.259 bits per heavy atom. The smallest absolute Gasteiger partial charge is 0.329 e. The van der Waals surface area contributed by atoms with Crippen molar-refractivity contribution in [3.05, 3.63) is 0 Å². The maximum Gasteiger partial charge on any atom is 0.329 e. The SMILES string of the molecule is O=C(O)COC[C@H]1O[C@@H]2O[C@H]3[C@H](O)[C@@H](O)[C@@H](O[C@H]4[C@H](O)[C@@H](O)[C@@H](O[C@H]5[C@H](O)[C@@H](O)[C@@H](O[C@H]6[C@H](O)[C@@H](O)[C@@H](O[C@H]7[C@H](O)[C@@H](O)[C@@H](O[C@H]8[C@H](O)[C@@H](O)[C@@H](O[C@H]1[C@H](O)[C@H]2O)O[C@@H]8CO)O[C@@H]7CO)O[C@@H]6CO)O[C@@H]5CO)O[C@@H]4CO)O[C@@H]3CO. The summed E-state index contributed by atoms with van der Waals surface area (Å²) < 4.78 is 85.1. The van der Waals surface area contributed by atoms with E-state index in [0.29, 0.717) is 0 Å². The Morgan fingerprint density at radius 2 is 0.420 bits per heavy atom. The highest BCUT2D eigenvalue weighted by molar-refractivity contribution is 5.68. The van der Waals surface area contributed by atoms with E-state index >= 15 is 0 Å². The first-order chi connectivity index (χ1) is 38.5. The van der Waals surface area contributed by atoms with Crippen LogP contribution in [0.1, 0.15) is 0 Å². The molecule has 21 aliphatic rings. The predicted molar refractivity (Wildman–Crippen MR) is 240 cm³/mol. The van der Waals surface area contributed by atoms with Crippen LogP contribution in [0.15, 0.2) is 0 Å². The maximum atomic E-state index is 11.5. The molecule has 35 atom stereocenters. The quantitative estimate of drug-likeness (QED) is 0.0966. The van der Waals surface area contributed by atoms with Crippen molar-refractivity contribution in [3.8, 4) is 0 Å². The summed E-state index contributed by atoms with van der Waals surface area (Å²) in [5, 5.41) is 231. The number of carboxylic acid groups (broad SMARTS) is 1. The minimum Gasteiger partial charge on any atom is -0.480 e. The second kappa shape index (κ2) is 27.8. The van der Waals surface area contributed by atoms with Crippen LogP contribution in [-0.4, -0.2) is 381 Å². The van der Waals surface area contributed by atoms with Crippen LogP contribution in [0.5, 0.6) is 0 Å². The van der Waals surface area contributed by atoms with Crippen molar-refractivity contribution in [3.63, 3.8) is 0 Å². The van der Waals surface area contributed by atoms with E-state index in [-0.39, 0.29) is 0 Å². The molecule has 0 saturated carbocycles. The number of hydrogen-bond acceptors (Lipinski definition) is 36. The highest BCUT2D eigenvalue weighted by Gasteiger charge is 2.59. The fourth-order valence-electron chi connectivity index (χ4n) is 10.7. The van der Waals surface area contributed by atoms with E-state index in [1.807, 2.05) is 0 Å². The van der Waals surface area contributed by atoms with Gasteiger partial charge in [-0.25, -0.2) is 4.79 Å². The second-order valence-electron chi connectivity index (χ2n) is 20.4. The fraction of sp³-hybridized carbons (Fsp3) is 0.977. The van der Waals surface area contributed by atoms with Gasteiger partial charge in [0.15, 0.2) is 44.0 Å². The molecule has 21 heterocycles. The number of ether oxygens (including phenoxy) is 15. The van der Waals surface area contributed by atoms with Crippen LogP contribution < -0.4 is 0 Å². The van der Waals surface area contributed by atoms with E-state index in [4.69, 9.17) is 71.1 Å². The molecule has 37 heteroatoms. The number of carbonyl (C=O) groups is 1. The number of hydrogen-bond donors (Lipinski definition) is 21. The lowest BCUT2D eigenvalue weighted by molar-refractivity contribution is -0.396. The van der Waals surface area contributed by atoms with Gasteiger partial charge in [0.25, 0.3) is 0 Å². The van der Waals surface area contributed by atoms with Crippen molar-refractivity contribution >= 4 is 5.97 Å². The highest BCUT2D eigenvalue weighted by atomic mass is 16.8. The summed E-state index contributed by atoms with van der Waals surface area (Å²) in [5.74, 6) is -1.50. The van der Waals surface area contributed by atoms with Crippen molar-refractivity contribution in [1.82, 2.24) is 0 Å². The van der Waals surface area contributed by atoms with E-state index in [2.05, 4.69) is 0 Å². The molecule has 0 spiro atoms. The summed E-state index contributed by atoms with van der Waals surface area (Å²) in [5.41, 5.74) is 0. The lowest BCUT2D eigenvalue weighted by atomic mass is 9.95. The standard InChI is InChI=1S/C44H72O37/c45-1-9-31-18(54)25(61)39(69-9)77-33-11(3-47)71-41(27(63)20(33)56)79-35-13(5-49)73-43(29(65)22(35)58)81-37-15(7-67-8-16(51)52)74-44(30(66)23(37)59)80-36-14(6-50)72-42(28(64)21(36)57)78-34-12(4-48)70-40(26(62)19(34)55)76-32-10(2-46)68-38(75-31)24(60)17(32)53/h9-15,17-50,53-66H,1-8H2,(H,51,52)/t9-,10-,11-,12-,13-,14-,15-,17-,18-,19-,20-,21-,22-,23-,24-,25-,26-,27-,28-,29-,30-,31-,32-,33-,34-,35-,36-,37-,38-,39-,40-,41-,42-,43-,44-/m1/s1. The molecule has 21 saturated heterocycles. The molecule has 21 fully saturated rings. The van der Waals surface area contributed by atoms with Crippen molar-refractivity contribution < 1.29 is 183 Å². The van der Waals surface area contributed by atoms with E-state index in [1.165, 1.54) is 0 Å². The predicted octanol–water partition coefficient (Wildman–Crippen LogP) is -15.1. The van der Waals surface area contributed by atoms with E-state index in [0.717, 1.165) is 0 Å². The van der Waals surface area contributed by atoms with Crippen LogP contribution in [0.3, 0.4) is 0 Å². The van der Waals surface area contributed by atoms with Gasteiger partial charge in [-0.15, -0.1) is 0 Å². The van der Waals surface area contributed by atoms with Gasteiger partial charge in [-0.3, -0.25) is 0 Å². The summed E-state index contributed by atoms with van der Waals surface area (Å²) in [6, 6.07) is 0. The van der Waals surface area contributed by atoms with Gasteiger partial charge in [0.1, 0.15) is 178 Å². The van der Waals surface area contributed by atoms with E-state index < -0.39 is 274 Å². The molecule has 37 nitrogen and oxygen atoms in total. The number of aliphatic hydroxyl groups excluding tert-OH is 20. The Kier molecular flexibility index (Phi) is 22.4. The van der Waals surface area contributed by atoms with Crippen LogP contribution in [0.2, 0.25) is 0 Å². The van der Waals surface area contributed by atoms with Gasteiger partial charge < -0.3 is 178 Å². The molecular formula is C44H72O37. The fourth-order valence-corrected chi connectivity index (χ4v) is 10.7. The van der Waals surface area contributed by atoms with Crippen LogP contribution in [-0.2, 0) is 75.8 Å². The molecule has 0 aromatic carbocycles. The second-order valence-corrected chi connectivity index (χ2v) is 20.4. The third kappa shape index (κ3) is 13.3. The third-order valence-electron chi connectivity index (χ3n) is 15.1. The minimum absolute atomic E-state index is 0.832. The molecule has 21 N–H and O–H groups in total. The van der Waals surface area contributed by atoms with Gasteiger partial charge in [0.2, 0.25) is 0 Å². The van der Waals surface area contributed by atoms with E-state index in [9.17, 15) is 112 Å². The Hall–Kier alpha value is -1.93. The zero-order valence-electron chi connectivity index (χ0n) is 42.3. The molecule has 0 radical (unpaired) electrons. The largest absolute Gasteiger partial charge is 0.480 e. The zero-order valence-corrected chi connectivity index (χ0v) is 42.3. The first-order valence-electron chi connectivity index (χ1n) is 25.7. The summed E-state index contributed by atoms with van der Waals surface area (Å²) in [6.45, 7) is -8.26. The van der Waals surface area contributed by atoms with E-state index in [1.54, 1.807) is 0 Å². The van der Waals surface area contributed by atoms with Gasteiger partial charge in [-0.1, -0.05) is 0 Å². The number of rotatable bonds is 10. The molecule has 0 amide bonds. The maximum absolute atomic E-state index is 11.5. The van der Waals surface area contributed by atoms with Crippen molar-refractivity contribution in [2.45, 2.75) is 215 Å². The van der Waals surface area contributed by atoms with Crippen molar-refractivity contribution in [2.24, 2.45) is 0 Å². The topological polar surface area (TPSA) is 580 Å². The Morgan fingerprint density at radius 3 is 0.580 bits per heavy atom. The third-order valence-corrected chi connectivity index (χ3v) is 15.1. The first kappa shape index (κ1) is 65.1. The lowest BCUT2D eigenvalue weighted by Gasteiger charge is -2.50. The molecule has 0 unspecified atom stereocenters. The van der Waals surface area contributed by atoms with Gasteiger partial charge in [-0.2, -0.15) is 0 Å². The Labute approximate surface area is 456 Å². The number of carboxylic acids is 1. The Balaban J connectivity index is 1.09. The average Bonchev–Trinajstić information content (AvgIpc) is 3.45. The van der Waals surface area contributed by atoms with Crippen LogP contribution >= 0.6 is 0 Å². The summed E-state index contributed by atoms with van der Waals surface area (Å²) in [6.07, 6.45) is -71.5.